The number of hydrogen-bond donors (Lipinski definition) is 6. The summed E-state index contributed by atoms with van der Waals surface area (Å²) in [4.78, 5) is 24.7. The van der Waals surface area contributed by atoms with Gasteiger partial charge in [0.2, 0.25) is 5.91 Å². The molecule has 202 valence electrons. The van der Waals surface area contributed by atoms with E-state index in [-0.39, 0.29) is 72.1 Å². The van der Waals surface area contributed by atoms with Crippen LogP contribution in [-0.4, -0.2) is 58.3 Å². The Labute approximate surface area is 256 Å². The van der Waals surface area contributed by atoms with Gasteiger partial charge in [0.15, 0.2) is 0 Å². The number of nitrogens with one attached hydrogen (secondary N) is 3. The van der Waals surface area contributed by atoms with E-state index >= 15 is 0 Å². The fourth-order valence-electron chi connectivity index (χ4n) is 2.70. The average Bonchev–Trinajstić information content (AvgIpc) is 2.90. The van der Waals surface area contributed by atoms with E-state index < -0.39 is 11.9 Å². The average molecular weight is 561 g/mol. The van der Waals surface area contributed by atoms with Crippen molar-refractivity contribution in [2.45, 2.75) is 13.8 Å². The van der Waals surface area contributed by atoms with Gasteiger partial charge in [-0.25, -0.2) is 4.79 Å². The quantitative estimate of drug-likeness (QED) is 0.0673. The third-order valence-electron chi connectivity index (χ3n) is 4.84. The number of carbonyl (C=O) groups is 2. The molecule has 0 spiro atoms. The molecule has 0 fully saturated rings. The zero-order chi connectivity index (χ0) is 28.7. The summed E-state index contributed by atoms with van der Waals surface area (Å²) in [6.07, 6.45) is 7.46. The Balaban J connectivity index is 0.00000136. The summed E-state index contributed by atoms with van der Waals surface area (Å²) in [6, 6.07) is 12.6. The number of primary amides is 1. The first kappa shape index (κ1) is 35.7. The zero-order valence-corrected chi connectivity index (χ0v) is 25.0. The van der Waals surface area contributed by atoms with Gasteiger partial charge in [-0.1, -0.05) is 30.5 Å². The number of phenols is 1. The van der Waals surface area contributed by atoms with E-state index in [1.165, 1.54) is 37.3 Å². The number of carbonyl (C=O) groups excluding carboxylic acids is 2. The molecule has 11 heteroatoms. The first-order valence-corrected chi connectivity index (χ1v) is 11.8. The second-order valence-corrected chi connectivity index (χ2v) is 8.16. The van der Waals surface area contributed by atoms with E-state index in [1.807, 2.05) is 24.3 Å². The largest absolute Gasteiger partial charge is 1.00 e. The summed E-state index contributed by atoms with van der Waals surface area (Å²) in [5.74, 6) is -0.739. The van der Waals surface area contributed by atoms with Crippen molar-refractivity contribution in [2.75, 3.05) is 19.7 Å². The normalized spacial score (nSPS) is 11.1. The van der Waals surface area contributed by atoms with Crippen LogP contribution in [0.25, 0.3) is 0 Å². The Morgan fingerprint density at radius 3 is 2.28 bits per heavy atom. The van der Waals surface area contributed by atoms with Crippen LogP contribution in [0, 0.1) is 23.8 Å². The van der Waals surface area contributed by atoms with Crippen LogP contribution in [0.5, 0.6) is 5.75 Å². The number of nitrogens with two attached hydrogens (primary N) is 1. The number of halogens is 1. The number of rotatable bonds is 9. The first-order valence-electron chi connectivity index (χ1n) is 11.4. The van der Waals surface area contributed by atoms with Crippen LogP contribution in [0.1, 0.15) is 25.0 Å². The number of nitrogens with zero attached hydrogens (tertiary/aromatic N) is 1. The van der Waals surface area contributed by atoms with Crippen molar-refractivity contribution in [1.82, 2.24) is 10.2 Å². The van der Waals surface area contributed by atoms with Crippen molar-refractivity contribution in [1.29, 1.82) is 10.8 Å². The van der Waals surface area contributed by atoms with Crippen molar-refractivity contribution in [2.24, 2.45) is 5.73 Å². The van der Waals surface area contributed by atoms with E-state index in [0.29, 0.717) is 11.1 Å². The third-order valence-corrected chi connectivity index (χ3v) is 5.21. The number of allylic oxidation sites excluding steroid dienone is 4. The van der Waals surface area contributed by atoms with Crippen LogP contribution in [-0.2, 0) is 4.79 Å². The number of urea groups is 1. The molecule has 0 aliphatic carbocycles. The minimum Gasteiger partial charge on any atom is -0.508 e. The third kappa shape index (κ3) is 12.8. The maximum atomic E-state index is 12.6. The van der Waals surface area contributed by atoms with Gasteiger partial charge in [0.05, 0.1) is 13.2 Å². The molecule has 9 nitrogen and oxygen atoms in total. The number of benzene rings is 2. The van der Waals surface area contributed by atoms with Crippen molar-refractivity contribution < 1.29 is 49.4 Å². The van der Waals surface area contributed by atoms with Crippen molar-refractivity contribution >= 4 is 35.1 Å². The standard InChI is InChI=1S/C21H26N5O4.C7H6Cl.Na/c1-3-4-15(6-5-14(2)20(24)29)18(22)13-25-21(30)26(11-12-27)19(23)16-7-9-17(28)10-8-16;1-6-4-2-3-5-7(6)8;/h3-5,7-10,22-23,27-28H,11-13H2,1-2H3,(H2,24,29)(H,25,30);2-5H,1H2;/q2*-1;+1/b4-3-,14-5+,22-18?,23-19?;;. The van der Waals surface area contributed by atoms with Crippen LogP contribution in [0.2, 0.25) is 5.02 Å². The SMILES string of the molecule is C\C=C/C(=[C-]\C=C(/C)C(N)=O)C(=N)CNC(=O)N(CCO)C(=N)c1ccc(O)cc1.[CH2-]c1ccccc1Cl.[Na+]. The molecule has 0 unspecified atom stereocenters. The molecular formula is C28H32ClN5NaO4-. The van der Waals surface area contributed by atoms with Gasteiger partial charge in [-0.05, 0) is 30.0 Å². The first-order chi connectivity index (χ1) is 18.0. The Hall–Kier alpha value is -3.34. The van der Waals surface area contributed by atoms with Gasteiger partial charge >= 0.3 is 35.6 Å². The number of hydrogen-bond acceptors (Lipinski definition) is 6. The molecule has 0 bridgehead atoms. The molecule has 0 aliphatic heterocycles. The van der Waals surface area contributed by atoms with E-state index in [1.54, 1.807) is 19.1 Å². The van der Waals surface area contributed by atoms with Gasteiger partial charge in [0.1, 0.15) is 11.6 Å². The number of phenolic OH excluding ortho intramolecular Hbond substituents is 1. The van der Waals surface area contributed by atoms with Crippen LogP contribution in [0.15, 0.2) is 77.9 Å². The minimum absolute atomic E-state index is 0. The summed E-state index contributed by atoms with van der Waals surface area (Å²) in [7, 11) is 0. The van der Waals surface area contributed by atoms with E-state index in [0.717, 1.165) is 15.5 Å². The molecule has 0 saturated heterocycles. The fourth-order valence-corrected chi connectivity index (χ4v) is 2.84. The Kier molecular flexibility index (Phi) is 17.2. The van der Waals surface area contributed by atoms with E-state index in [2.05, 4.69) is 18.3 Å². The van der Waals surface area contributed by atoms with E-state index in [9.17, 15) is 19.8 Å². The monoisotopic (exact) mass is 560 g/mol. The molecule has 0 atom stereocenters. The molecule has 0 saturated carbocycles. The molecular weight excluding hydrogens is 529 g/mol. The molecule has 2 aromatic carbocycles. The minimum atomic E-state index is -0.671. The van der Waals surface area contributed by atoms with Crippen molar-refractivity contribution in [3.8, 4) is 5.75 Å². The second kappa shape index (κ2) is 18.8. The maximum Gasteiger partial charge on any atom is 1.00 e. The van der Waals surface area contributed by atoms with Crippen LogP contribution in [0.3, 0.4) is 0 Å². The van der Waals surface area contributed by atoms with Gasteiger partial charge < -0.3 is 26.7 Å². The van der Waals surface area contributed by atoms with Gasteiger partial charge in [-0.2, -0.15) is 30.2 Å². The summed E-state index contributed by atoms with van der Waals surface area (Å²) in [5, 5.41) is 38.3. The predicted molar refractivity (Wildman–Crippen MR) is 150 cm³/mol. The molecule has 7 N–H and O–H groups in total. The predicted octanol–water partition coefficient (Wildman–Crippen LogP) is 1.00. The molecule has 3 amide bonds. The van der Waals surface area contributed by atoms with Gasteiger partial charge in [-0.3, -0.25) is 15.1 Å². The fraction of sp³-hybridized carbons (Fsp3) is 0.179. The smallest absolute Gasteiger partial charge is 0.508 e. The molecule has 0 aromatic heterocycles. The summed E-state index contributed by atoms with van der Waals surface area (Å²) in [5.41, 5.74) is 7.07. The summed E-state index contributed by atoms with van der Waals surface area (Å²) < 4.78 is 0. The van der Waals surface area contributed by atoms with Crippen LogP contribution >= 0.6 is 11.6 Å². The number of amides is 3. The van der Waals surface area contributed by atoms with Crippen LogP contribution < -0.4 is 40.6 Å². The molecule has 2 aromatic rings. The Morgan fingerprint density at radius 1 is 1.18 bits per heavy atom. The molecule has 0 heterocycles. The Morgan fingerprint density at radius 2 is 1.79 bits per heavy atom. The van der Waals surface area contributed by atoms with Crippen LogP contribution in [0.4, 0.5) is 4.79 Å². The topological polar surface area (TPSA) is 164 Å². The number of aromatic hydroxyl groups is 1. The zero-order valence-electron chi connectivity index (χ0n) is 22.3. The van der Waals surface area contributed by atoms with Gasteiger partial charge in [0, 0.05) is 12.1 Å². The second-order valence-electron chi connectivity index (χ2n) is 7.75. The summed E-state index contributed by atoms with van der Waals surface area (Å²) in [6.45, 7) is 6.31. The molecule has 0 aliphatic rings. The molecule has 2 rings (SSSR count). The van der Waals surface area contributed by atoms with Crippen molar-refractivity contribution in [3.05, 3.63) is 107 Å². The van der Waals surface area contributed by atoms with Gasteiger partial charge in [0.25, 0.3) is 0 Å². The van der Waals surface area contributed by atoms with E-state index in [4.69, 9.17) is 28.2 Å². The number of aliphatic hydroxyl groups excluding tert-OH is 1. The number of aliphatic hydroxyl groups is 1. The number of amidine groups is 1. The maximum absolute atomic E-state index is 12.6. The summed E-state index contributed by atoms with van der Waals surface area (Å²) >= 11 is 5.65. The van der Waals surface area contributed by atoms with Gasteiger partial charge in [-0.15, -0.1) is 42.0 Å². The Bertz CT molecular complexity index is 1210. The molecule has 39 heavy (non-hydrogen) atoms. The molecule has 0 radical (unpaired) electrons. The van der Waals surface area contributed by atoms with Crippen molar-refractivity contribution in [3.63, 3.8) is 0 Å².